The lowest BCUT2D eigenvalue weighted by atomic mass is 10.1. The molecule has 6 nitrogen and oxygen atoms in total. The van der Waals surface area contributed by atoms with E-state index >= 15 is 0 Å². The highest BCUT2D eigenvalue weighted by Gasteiger charge is 1.99. The molecule has 0 aromatic heterocycles. The first-order valence-electron chi connectivity index (χ1n) is 8.75. The van der Waals surface area contributed by atoms with Crippen molar-refractivity contribution in [1.82, 2.24) is 0 Å². The first-order chi connectivity index (χ1) is 12.9. The first-order valence-corrected chi connectivity index (χ1v) is 8.75. The monoisotopic (exact) mass is 374 g/mol. The van der Waals surface area contributed by atoms with Crippen LogP contribution in [0.5, 0.6) is 11.5 Å². The number of benzene rings is 2. The maximum atomic E-state index is 10.3. The molecule has 146 valence electrons. The van der Waals surface area contributed by atoms with E-state index in [1.807, 2.05) is 24.3 Å². The summed E-state index contributed by atoms with van der Waals surface area (Å²) in [6.07, 6.45) is 3.29. The van der Waals surface area contributed by atoms with Crippen LogP contribution in [-0.2, 0) is 22.4 Å². The maximum Gasteiger partial charge on any atom is 0.303 e. The Morgan fingerprint density at radius 3 is 1.56 bits per heavy atom. The number of hydrogen-bond acceptors (Lipinski definition) is 4. The fraction of sp³-hybridized carbons (Fsp3) is 0.333. The van der Waals surface area contributed by atoms with E-state index in [4.69, 9.17) is 20.1 Å². The molecule has 2 aromatic carbocycles. The van der Waals surface area contributed by atoms with Crippen LogP contribution in [0.4, 0.5) is 0 Å². The van der Waals surface area contributed by atoms with Crippen LogP contribution in [-0.4, -0.2) is 34.4 Å². The summed E-state index contributed by atoms with van der Waals surface area (Å²) < 4.78 is 5.02. The quantitative estimate of drug-likeness (QED) is 0.615. The van der Waals surface area contributed by atoms with Gasteiger partial charge in [0.1, 0.15) is 11.5 Å². The minimum absolute atomic E-state index is 0.195. The molecule has 0 saturated heterocycles. The number of phenols is 1. The lowest BCUT2D eigenvalue weighted by Crippen LogP contribution is -1.95. The molecule has 0 unspecified atom stereocenters. The summed E-state index contributed by atoms with van der Waals surface area (Å²) in [5.41, 5.74) is 2.20. The zero-order chi connectivity index (χ0) is 20.1. The highest BCUT2D eigenvalue weighted by Crippen LogP contribution is 2.13. The summed E-state index contributed by atoms with van der Waals surface area (Å²) in [6.45, 7) is 0. The normalized spacial score (nSPS) is 9.81. The second-order valence-electron chi connectivity index (χ2n) is 6.01. The van der Waals surface area contributed by atoms with Gasteiger partial charge in [-0.25, -0.2) is 0 Å². The minimum Gasteiger partial charge on any atom is -0.508 e. The summed E-state index contributed by atoms with van der Waals surface area (Å²) in [4.78, 5) is 20.5. The molecule has 3 N–H and O–H groups in total. The van der Waals surface area contributed by atoms with E-state index in [1.165, 1.54) is 0 Å². The Bertz CT molecular complexity index is 692. The molecule has 0 aliphatic heterocycles. The van der Waals surface area contributed by atoms with Crippen LogP contribution < -0.4 is 4.74 Å². The van der Waals surface area contributed by atoms with Crippen molar-refractivity contribution < 1.29 is 29.6 Å². The van der Waals surface area contributed by atoms with Gasteiger partial charge in [-0.3, -0.25) is 9.59 Å². The third-order valence-corrected chi connectivity index (χ3v) is 3.81. The van der Waals surface area contributed by atoms with Gasteiger partial charge in [-0.05, 0) is 61.1 Å². The predicted octanol–water partition coefficient (Wildman–Crippen LogP) is 3.90. The molecule has 0 spiro atoms. The number of phenolic OH excluding ortho intramolecular Hbond substituents is 1. The molecule has 0 fully saturated rings. The highest BCUT2D eigenvalue weighted by atomic mass is 16.5. The standard InChI is InChI=1S/C11H14O3.C10H12O3/c1-14-10-7-5-9(6-8-10)3-2-4-11(12)13;11-9-6-4-8(5-7-9)2-1-3-10(12)13/h5-8H,2-4H2,1H3,(H,12,13);4-7,11H,1-3H2,(H,12,13). The van der Waals surface area contributed by atoms with Crippen molar-refractivity contribution in [2.45, 2.75) is 38.5 Å². The van der Waals surface area contributed by atoms with Crippen molar-refractivity contribution in [2.75, 3.05) is 7.11 Å². The Balaban J connectivity index is 0.000000271. The van der Waals surface area contributed by atoms with Crippen LogP contribution in [0.2, 0.25) is 0 Å². The van der Waals surface area contributed by atoms with Crippen LogP contribution in [0.25, 0.3) is 0 Å². The van der Waals surface area contributed by atoms with E-state index in [-0.39, 0.29) is 18.6 Å². The zero-order valence-corrected chi connectivity index (χ0v) is 15.4. The van der Waals surface area contributed by atoms with Gasteiger partial charge < -0.3 is 20.1 Å². The van der Waals surface area contributed by atoms with Gasteiger partial charge in [0.15, 0.2) is 0 Å². The van der Waals surface area contributed by atoms with E-state index in [1.54, 1.807) is 31.4 Å². The smallest absolute Gasteiger partial charge is 0.303 e. The summed E-state index contributed by atoms with van der Waals surface area (Å²) in [7, 11) is 1.62. The number of aryl methyl sites for hydroxylation is 2. The van der Waals surface area contributed by atoms with E-state index in [0.29, 0.717) is 12.8 Å². The van der Waals surface area contributed by atoms with Crippen LogP contribution in [0, 0.1) is 0 Å². The Morgan fingerprint density at radius 1 is 0.778 bits per heavy atom. The van der Waals surface area contributed by atoms with Gasteiger partial charge >= 0.3 is 11.9 Å². The zero-order valence-electron chi connectivity index (χ0n) is 15.4. The summed E-state index contributed by atoms with van der Waals surface area (Å²) in [5, 5.41) is 25.8. The number of ether oxygens (including phenoxy) is 1. The molecular weight excluding hydrogens is 348 g/mol. The molecule has 27 heavy (non-hydrogen) atoms. The lowest BCUT2D eigenvalue weighted by Gasteiger charge is -2.02. The number of aliphatic carboxylic acids is 2. The van der Waals surface area contributed by atoms with E-state index in [9.17, 15) is 9.59 Å². The molecule has 0 bridgehead atoms. The number of methoxy groups -OCH3 is 1. The van der Waals surface area contributed by atoms with Gasteiger partial charge in [0.25, 0.3) is 0 Å². The number of hydrogen-bond donors (Lipinski definition) is 3. The van der Waals surface area contributed by atoms with Gasteiger partial charge in [-0.2, -0.15) is 0 Å². The fourth-order valence-corrected chi connectivity index (χ4v) is 2.34. The van der Waals surface area contributed by atoms with Gasteiger partial charge in [-0.1, -0.05) is 24.3 Å². The Morgan fingerprint density at radius 2 is 1.19 bits per heavy atom. The van der Waals surface area contributed by atoms with Crippen LogP contribution in [0.15, 0.2) is 48.5 Å². The van der Waals surface area contributed by atoms with Gasteiger partial charge in [0, 0.05) is 12.8 Å². The average Bonchev–Trinajstić information content (AvgIpc) is 2.64. The second kappa shape index (κ2) is 12.4. The van der Waals surface area contributed by atoms with Gasteiger partial charge in [0.2, 0.25) is 0 Å². The molecular formula is C21H26O6. The van der Waals surface area contributed by atoms with Crippen molar-refractivity contribution in [3.63, 3.8) is 0 Å². The number of carboxylic acid groups (broad SMARTS) is 2. The number of aromatic hydroxyl groups is 1. The van der Waals surface area contributed by atoms with Crippen LogP contribution in [0.1, 0.15) is 36.8 Å². The molecule has 0 saturated carbocycles. The van der Waals surface area contributed by atoms with Crippen LogP contribution in [0.3, 0.4) is 0 Å². The molecule has 0 aliphatic carbocycles. The van der Waals surface area contributed by atoms with Crippen molar-refractivity contribution >= 4 is 11.9 Å². The van der Waals surface area contributed by atoms with Crippen molar-refractivity contribution in [3.05, 3.63) is 59.7 Å². The number of carbonyl (C=O) groups is 2. The Labute approximate surface area is 159 Å². The third-order valence-electron chi connectivity index (χ3n) is 3.81. The highest BCUT2D eigenvalue weighted by molar-refractivity contribution is 5.66. The van der Waals surface area contributed by atoms with E-state index < -0.39 is 11.9 Å². The molecule has 2 rings (SSSR count). The molecule has 0 amide bonds. The first kappa shape index (κ1) is 22.0. The van der Waals surface area contributed by atoms with Gasteiger partial charge in [-0.15, -0.1) is 0 Å². The molecule has 0 radical (unpaired) electrons. The van der Waals surface area contributed by atoms with Gasteiger partial charge in [0.05, 0.1) is 7.11 Å². The van der Waals surface area contributed by atoms with Crippen molar-refractivity contribution in [1.29, 1.82) is 0 Å². The number of rotatable bonds is 9. The predicted molar refractivity (Wildman–Crippen MR) is 102 cm³/mol. The van der Waals surface area contributed by atoms with E-state index in [2.05, 4.69) is 0 Å². The molecule has 6 heteroatoms. The molecule has 2 aromatic rings. The molecule has 0 atom stereocenters. The van der Waals surface area contributed by atoms with E-state index in [0.717, 1.165) is 29.7 Å². The molecule has 0 heterocycles. The second-order valence-corrected chi connectivity index (χ2v) is 6.01. The van der Waals surface area contributed by atoms with Crippen molar-refractivity contribution in [3.8, 4) is 11.5 Å². The topological polar surface area (TPSA) is 104 Å². The van der Waals surface area contributed by atoms with Crippen LogP contribution >= 0.6 is 0 Å². The Hall–Kier alpha value is -3.02. The maximum absolute atomic E-state index is 10.3. The minimum atomic E-state index is -0.765. The fourth-order valence-electron chi connectivity index (χ4n) is 2.34. The average molecular weight is 374 g/mol. The number of carboxylic acids is 2. The van der Waals surface area contributed by atoms with Crippen molar-refractivity contribution in [2.24, 2.45) is 0 Å². The summed E-state index contributed by atoms with van der Waals surface area (Å²) >= 11 is 0. The summed E-state index contributed by atoms with van der Waals surface area (Å²) in [6, 6.07) is 14.5. The Kier molecular flexibility index (Phi) is 10.1. The third kappa shape index (κ3) is 10.5. The SMILES string of the molecule is COc1ccc(CCCC(=O)O)cc1.O=C(O)CCCc1ccc(O)cc1. The molecule has 0 aliphatic rings. The lowest BCUT2D eigenvalue weighted by molar-refractivity contribution is -0.138. The largest absolute Gasteiger partial charge is 0.508 e. The summed E-state index contributed by atoms with van der Waals surface area (Å²) in [5.74, 6) is -0.439.